The largest absolute Gasteiger partial charge is 0.507 e. The summed E-state index contributed by atoms with van der Waals surface area (Å²) in [5, 5.41) is 25.8. The van der Waals surface area contributed by atoms with Gasteiger partial charge in [0.25, 0.3) is 0 Å². The number of phenolic OH excluding ortho intramolecular Hbond substituents is 2. The molecule has 4 aromatic rings. The highest BCUT2D eigenvalue weighted by atomic mass is 32.2. The third kappa shape index (κ3) is 4.12. The van der Waals surface area contributed by atoms with Gasteiger partial charge in [-0.05, 0) is 82.3 Å². The van der Waals surface area contributed by atoms with Gasteiger partial charge in [0.2, 0.25) is 0 Å². The van der Waals surface area contributed by atoms with Crippen LogP contribution in [0.25, 0.3) is 32.7 Å². The predicted molar refractivity (Wildman–Crippen MR) is 132 cm³/mol. The Morgan fingerprint density at radius 1 is 0.600 bits per heavy atom. The Hall–Kier alpha value is -2.30. The van der Waals surface area contributed by atoms with E-state index in [9.17, 15) is 10.2 Å². The van der Waals surface area contributed by atoms with Gasteiger partial charge in [0, 0.05) is 20.9 Å². The third-order valence-electron chi connectivity index (χ3n) is 5.14. The minimum atomic E-state index is 0.189. The average molecular weight is 435 g/mol. The van der Waals surface area contributed by atoms with Crippen molar-refractivity contribution in [1.29, 1.82) is 0 Å². The summed E-state index contributed by atoms with van der Waals surface area (Å²) in [6, 6.07) is 20.1. The van der Waals surface area contributed by atoms with Crippen LogP contribution in [-0.4, -0.2) is 21.7 Å². The Kier molecular flexibility index (Phi) is 6.45. The van der Waals surface area contributed by atoms with Gasteiger partial charge in [0.15, 0.2) is 0 Å². The van der Waals surface area contributed by atoms with Crippen molar-refractivity contribution in [2.75, 3.05) is 11.5 Å². The molecule has 0 bridgehead atoms. The molecule has 4 rings (SSSR count). The highest BCUT2D eigenvalue weighted by Gasteiger charge is 2.17. The minimum Gasteiger partial charge on any atom is -0.507 e. The third-order valence-corrected chi connectivity index (χ3v) is 7.54. The average Bonchev–Trinajstić information content (AvgIpc) is 2.76. The second kappa shape index (κ2) is 9.23. The van der Waals surface area contributed by atoms with Crippen LogP contribution in [-0.2, 0) is 0 Å². The van der Waals surface area contributed by atoms with Gasteiger partial charge in [-0.15, -0.1) is 23.5 Å². The van der Waals surface area contributed by atoms with Crippen LogP contribution in [0.2, 0.25) is 0 Å². The highest BCUT2D eigenvalue weighted by Crippen LogP contribution is 2.45. The minimum absolute atomic E-state index is 0.189. The summed E-state index contributed by atoms with van der Waals surface area (Å²) < 4.78 is 0. The van der Waals surface area contributed by atoms with Gasteiger partial charge in [-0.1, -0.05) is 38.1 Å². The SMILES string of the molecule is CCCSc1ccc2ccc(O)c(-c3c(O)ccc4ccc(SCCC)cc34)c2c1. The molecule has 2 N–H and O–H groups in total. The zero-order valence-corrected chi connectivity index (χ0v) is 18.9. The Balaban J connectivity index is 1.98. The van der Waals surface area contributed by atoms with E-state index in [1.165, 1.54) is 9.79 Å². The van der Waals surface area contributed by atoms with Gasteiger partial charge >= 0.3 is 0 Å². The molecular weight excluding hydrogens is 408 g/mol. The molecule has 0 amide bonds. The fraction of sp³-hybridized carbons (Fsp3) is 0.231. The summed E-state index contributed by atoms with van der Waals surface area (Å²) in [7, 11) is 0. The van der Waals surface area contributed by atoms with Crippen LogP contribution in [0.5, 0.6) is 11.5 Å². The molecule has 0 atom stereocenters. The number of hydrogen-bond donors (Lipinski definition) is 2. The number of benzene rings is 4. The molecule has 0 fully saturated rings. The lowest BCUT2D eigenvalue weighted by Gasteiger charge is -2.15. The number of phenols is 2. The van der Waals surface area contributed by atoms with Crippen LogP contribution < -0.4 is 0 Å². The van der Waals surface area contributed by atoms with Crippen molar-refractivity contribution in [1.82, 2.24) is 0 Å². The first-order chi connectivity index (χ1) is 14.6. The number of fused-ring (bicyclic) bond motifs is 2. The van der Waals surface area contributed by atoms with Crippen LogP contribution >= 0.6 is 23.5 Å². The van der Waals surface area contributed by atoms with E-state index in [4.69, 9.17) is 0 Å². The van der Waals surface area contributed by atoms with Crippen molar-refractivity contribution in [3.05, 3.63) is 60.7 Å². The second-order valence-electron chi connectivity index (χ2n) is 7.38. The molecule has 4 aromatic carbocycles. The van der Waals surface area contributed by atoms with Crippen LogP contribution in [0, 0.1) is 0 Å². The molecule has 0 aromatic heterocycles. The molecule has 4 heteroatoms. The Morgan fingerprint density at radius 2 is 1.00 bits per heavy atom. The van der Waals surface area contributed by atoms with Gasteiger partial charge in [-0.3, -0.25) is 0 Å². The smallest absolute Gasteiger partial charge is 0.124 e. The Morgan fingerprint density at radius 3 is 1.40 bits per heavy atom. The van der Waals surface area contributed by atoms with Crippen molar-refractivity contribution in [2.24, 2.45) is 0 Å². The van der Waals surface area contributed by atoms with Gasteiger partial charge < -0.3 is 10.2 Å². The number of thioether (sulfide) groups is 2. The maximum atomic E-state index is 10.9. The number of hydrogen-bond acceptors (Lipinski definition) is 4. The monoisotopic (exact) mass is 434 g/mol. The topological polar surface area (TPSA) is 40.5 Å². The van der Waals surface area contributed by atoms with E-state index >= 15 is 0 Å². The molecular formula is C26H26O2S2. The molecule has 0 spiro atoms. The summed E-state index contributed by atoms with van der Waals surface area (Å²) in [5.41, 5.74) is 1.40. The summed E-state index contributed by atoms with van der Waals surface area (Å²) in [6.07, 6.45) is 2.22. The first-order valence-electron chi connectivity index (χ1n) is 10.4. The lowest BCUT2D eigenvalue weighted by atomic mass is 9.92. The van der Waals surface area contributed by atoms with E-state index in [0.717, 1.165) is 45.9 Å². The van der Waals surface area contributed by atoms with Crippen molar-refractivity contribution in [3.63, 3.8) is 0 Å². The number of rotatable bonds is 7. The number of aromatic hydroxyl groups is 2. The van der Waals surface area contributed by atoms with Crippen molar-refractivity contribution in [3.8, 4) is 22.6 Å². The second-order valence-corrected chi connectivity index (χ2v) is 9.72. The van der Waals surface area contributed by atoms with Crippen molar-refractivity contribution >= 4 is 45.1 Å². The van der Waals surface area contributed by atoms with E-state index in [1.807, 2.05) is 35.7 Å². The van der Waals surface area contributed by atoms with Crippen molar-refractivity contribution < 1.29 is 10.2 Å². The Labute approximate surface area is 186 Å². The summed E-state index contributed by atoms with van der Waals surface area (Å²) >= 11 is 3.63. The van der Waals surface area contributed by atoms with E-state index < -0.39 is 0 Å². The standard InChI is InChI=1S/C26H26O2S2/c1-3-13-29-19-9-5-17-7-11-23(27)25(21(17)15-19)26-22-16-20(30-14-4-2)10-6-18(22)8-12-24(26)28/h5-12,15-16,27-28H,3-4,13-14H2,1-2H3. The zero-order valence-electron chi connectivity index (χ0n) is 17.3. The molecule has 2 nitrogen and oxygen atoms in total. The van der Waals surface area contributed by atoms with Gasteiger partial charge in [-0.2, -0.15) is 0 Å². The zero-order chi connectivity index (χ0) is 21.1. The summed E-state index contributed by atoms with van der Waals surface area (Å²) in [6.45, 7) is 4.35. The molecule has 0 unspecified atom stereocenters. The first-order valence-corrected chi connectivity index (χ1v) is 12.4. The van der Waals surface area contributed by atoms with E-state index in [0.29, 0.717) is 11.1 Å². The van der Waals surface area contributed by atoms with Crippen LogP contribution in [0.15, 0.2) is 70.5 Å². The van der Waals surface area contributed by atoms with Gasteiger partial charge in [-0.25, -0.2) is 0 Å². The predicted octanol–water partition coefficient (Wildman–Crippen LogP) is 8.08. The lowest BCUT2D eigenvalue weighted by Crippen LogP contribution is -1.88. The van der Waals surface area contributed by atoms with Crippen molar-refractivity contribution in [2.45, 2.75) is 36.5 Å². The molecule has 0 saturated heterocycles. The maximum absolute atomic E-state index is 10.9. The molecule has 30 heavy (non-hydrogen) atoms. The normalized spacial score (nSPS) is 11.4. The fourth-order valence-corrected chi connectivity index (χ4v) is 5.33. The van der Waals surface area contributed by atoms with Crippen LogP contribution in [0.3, 0.4) is 0 Å². The molecule has 0 aliphatic carbocycles. The maximum Gasteiger partial charge on any atom is 0.124 e. The molecule has 154 valence electrons. The fourth-order valence-electron chi connectivity index (χ4n) is 3.72. The molecule has 0 heterocycles. The van der Waals surface area contributed by atoms with Crippen LogP contribution in [0.1, 0.15) is 26.7 Å². The molecule has 0 radical (unpaired) electrons. The molecule has 0 saturated carbocycles. The van der Waals surface area contributed by atoms with E-state index in [-0.39, 0.29) is 11.5 Å². The van der Waals surface area contributed by atoms with E-state index in [1.54, 1.807) is 12.1 Å². The summed E-state index contributed by atoms with van der Waals surface area (Å²) in [5.74, 6) is 2.48. The highest BCUT2D eigenvalue weighted by molar-refractivity contribution is 7.99. The summed E-state index contributed by atoms with van der Waals surface area (Å²) in [4.78, 5) is 2.35. The van der Waals surface area contributed by atoms with Gasteiger partial charge in [0.1, 0.15) is 11.5 Å². The lowest BCUT2D eigenvalue weighted by molar-refractivity contribution is 0.470. The van der Waals surface area contributed by atoms with Gasteiger partial charge in [0.05, 0.1) is 0 Å². The Bertz CT molecular complexity index is 1110. The molecule has 0 aliphatic heterocycles. The quantitative estimate of drug-likeness (QED) is 0.288. The van der Waals surface area contributed by atoms with Crippen LogP contribution in [0.4, 0.5) is 0 Å². The van der Waals surface area contributed by atoms with E-state index in [2.05, 4.69) is 50.2 Å². The first kappa shape index (κ1) is 21.0. The molecule has 0 aliphatic rings.